The Labute approximate surface area is 214 Å². The maximum absolute atomic E-state index is 12.7. The average Bonchev–Trinajstić information content (AvgIpc) is 3.39. The van der Waals surface area contributed by atoms with Crippen molar-refractivity contribution in [1.29, 1.82) is 0 Å². The lowest BCUT2D eigenvalue weighted by atomic mass is 10.1. The highest BCUT2D eigenvalue weighted by Gasteiger charge is 2.18. The van der Waals surface area contributed by atoms with Crippen LogP contribution >= 0.6 is 27.5 Å². The molecule has 0 radical (unpaired) electrons. The molecule has 35 heavy (non-hydrogen) atoms. The molecule has 0 aliphatic rings. The van der Waals surface area contributed by atoms with E-state index in [0.29, 0.717) is 39.9 Å². The zero-order valence-electron chi connectivity index (χ0n) is 18.8. The van der Waals surface area contributed by atoms with Crippen molar-refractivity contribution in [3.63, 3.8) is 0 Å². The summed E-state index contributed by atoms with van der Waals surface area (Å²) in [6.45, 7) is 3.95. The van der Waals surface area contributed by atoms with Crippen LogP contribution in [0.4, 0.5) is 11.5 Å². The molecule has 8 nitrogen and oxygen atoms in total. The molecule has 0 aliphatic carbocycles. The van der Waals surface area contributed by atoms with E-state index in [9.17, 15) is 4.79 Å². The molecule has 1 amide bonds. The van der Waals surface area contributed by atoms with Crippen LogP contribution in [0.15, 0.2) is 69.8 Å². The first-order valence-corrected chi connectivity index (χ1v) is 11.9. The zero-order valence-corrected chi connectivity index (χ0v) is 21.2. The third kappa shape index (κ3) is 4.65. The van der Waals surface area contributed by atoms with Crippen LogP contribution in [-0.2, 0) is 6.54 Å². The lowest BCUT2D eigenvalue weighted by Crippen LogP contribution is -2.14. The number of fused-ring (bicyclic) bond motifs is 1. The van der Waals surface area contributed by atoms with Crippen LogP contribution in [-0.4, -0.2) is 25.7 Å². The Morgan fingerprint density at radius 2 is 1.97 bits per heavy atom. The first kappa shape index (κ1) is 23.1. The van der Waals surface area contributed by atoms with Gasteiger partial charge < -0.3 is 15.2 Å². The van der Waals surface area contributed by atoms with E-state index in [0.717, 1.165) is 27.1 Å². The number of amides is 1. The number of rotatable bonds is 6. The van der Waals surface area contributed by atoms with Gasteiger partial charge in [0.25, 0.3) is 5.91 Å². The van der Waals surface area contributed by atoms with Gasteiger partial charge in [0, 0.05) is 28.9 Å². The van der Waals surface area contributed by atoms with Gasteiger partial charge in [-0.2, -0.15) is 9.61 Å². The summed E-state index contributed by atoms with van der Waals surface area (Å²) in [7, 11) is 0. The van der Waals surface area contributed by atoms with E-state index < -0.39 is 0 Å². The summed E-state index contributed by atoms with van der Waals surface area (Å²) in [5.41, 5.74) is 4.88. The van der Waals surface area contributed by atoms with Crippen molar-refractivity contribution in [1.82, 2.24) is 19.8 Å². The number of carbonyl (C=O) groups excluding carboxylic acids is 1. The summed E-state index contributed by atoms with van der Waals surface area (Å²) in [6, 6.07) is 17.1. The molecule has 0 bridgehead atoms. The Morgan fingerprint density at radius 3 is 2.74 bits per heavy atom. The van der Waals surface area contributed by atoms with E-state index in [2.05, 4.69) is 36.8 Å². The number of nitrogens with one attached hydrogen (secondary N) is 2. The fourth-order valence-corrected chi connectivity index (χ4v) is 4.40. The normalized spacial score (nSPS) is 11.1. The second-order valence-corrected chi connectivity index (χ2v) is 9.20. The smallest absolute Gasteiger partial charge is 0.261 e. The number of benzene rings is 2. The van der Waals surface area contributed by atoms with Crippen molar-refractivity contribution in [2.45, 2.75) is 20.4 Å². The van der Waals surface area contributed by atoms with Gasteiger partial charge in [0.2, 0.25) is 0 Å². The highest BCUT2D eigenvalue weighted by Crippen LogP contribution is 2.30. The van der Waals surface area contributed by atoms with E-state index in [-0.39, 0.29) is 5.91 Å². The summed E-state index contributed by atoms with van der Waals surface area (Å²) in [6.07, 6.45) is 1.70. The number of aryl methyl sites for hydroxylation is 2. The predicted octanol–water partition coefficient (Wildman–Crippen LogP) is 6.28. The summed E-state index contributed by atoms with van der Waals surface area (Å²) in [5.74, 6) is 0.980. The van der Waals surface area contributed by atoms with Crippen LogP contribution in [0.5, 0.6) is 0 Å². The molecule has 0 saturated heterocycles. The topological polar surface area (TPSA) is 97.3 Å². The van der Waals surface area contributed by atoms with Crippen LogP contribution in [0, 0.1) is 13.8 Å². The lowest BCUT2D eigenvalue weighted by molar-refractivity contribution is 0.102. The number of carbonyl (C=O) groups is 1. The van der Waals surface area contributed by atoms with Gasteiger partial charge in [-0.1, -0.05) is 47.1 Å². The molecule has 2 aromatic carbocycles. The molecule has 176 valence electrons. The van der Waals surface area contributed by atoms with E-state index in [1.807, 2.05) is 54.6 Å². The fourth-order valence-electron chi connectivity index (χ4n) is 3.82. The van der Waals surface area contributed by atoms with Gasteiger partial charge >= 0.3 is 0 Å². The zero-order chi connectivity index (χ0) is 24.5. The van der Waals surface area contributed by atoms with Gasteiger partial charge in [0.1, 0.15) is 17.1 Å². The number of aromatic nitrogens is 4. The van der Waals surface area contributed by atoms with Gasteiger partial charge in [0.05, 0.1) is 22.1 Å². The summed E-state index contributed by atoms with van der Waals surface area (Å²) >= 11 is 9.95. The van der Waals surface area contributed by atoms with Crippen molar-refractivity contribution < 1.29 is 9.32 Å². The number of nitrogens with zero attached hydrogens (tertiary/aromatic N) is 4. The van der Waals surface area contributed by atoms with Crippen LogP contribution in [0.25, 0.3) is 16.9 Å². The molecular weight excluding hydrogens is 532 g/mol. The first-order chi connectivity index (χ1) is 16.9. The first-order valence-electron chi connectivity index (χ1n) is 10.8. The summed E-state index contributed by atoms with van der Waals surface area (Å²) in [5, 5.41) is 15.2. The van der Waals surface area contributed by atoms with Crippen molar-refractivity contribution in [2.75, 3.05) is 10.6 Å². The second-order valence-electron chi connectivity index (χ2n) is 7.94. The van der Waals surface area contributed by atoms with Gasteiger partial charge in [-0.05, 0) is 53.5 Å². The molecule has 3 aromatic heterocycles. The van der Waals surface area contributed by atoms with Gasteiger partial charge in [-0.15, -0.1) is 0 Å². The quantitative estimate of drug-likeness (QED) is 0.258. The molecule has 0 fully saturated rings. The third-order valence-corrected chi connectivity index (χ3v) is 6.39. The number of hydrogen-bond donors (Lipinski definition) is 2. The van der Waals surface area contributed by atoms with Gasteiger partial charge in [-0.3, -0.25) is 4.79 Å². The Hall–Kier alpha value is -3.69. The van der Waals surface area contributed by atoms with Gasteiger partial charge in [-0.25, -0.2) is 4.98 Å². The molecule has 0 atom stereocenters. The molecule has 3 heterocycles. The standard InChI is InChI=1S/C25H20BrClN6O2/c1-14-23(15(2)35-32-14)25(34)30-17-7-5-6-16(10-17)12-28-22-11-21(18-8-3-4-9-20(18)27)31-24-19(26)13-29-33(22)24/h3-11,13,28H,12H2,1-2H3,(H,30,34). The minimum atomic E-state index is -0.257. The van der Waals surface area contributed by atoms with Crippen molar-refractivity contribution in [3.8, 4) is 11.3 Å². The number of anilines is 2. The Morgan fingerprint density at radius 1 is 1.14 bits per heavy atom. The minimum absolute atomic E-state index is 0.257. The molecule has 0 aliphatic heterocycles. The van der Waals surface area contributed by atoms with Crippen molar-refractivity contribution >= 4 is 50.6 Å². The van der Waals surface area contributed by atoms with Crippen molar-refractivity contribution in [3.05, 3.63) is 92.9 Å². The third-order valence-electron chi connectivity index (χ3n) is 5.50. The van der Waals surface area contributed by atoms with E-state index in [1.54, 1.807) is 24.6 Å². The molecular formula is C25H20BrClN6O2. The average molecular weight is 552 g/mol. The molecule has 0 saturated carbocycles. The molecule has 0 spiro atoms. The monoisotopic (exact) mass is 550 g/mol. The fraction of sp³-hybridized carbons (Fsp3) is 0.120. The van der Waals surface area contributed by atoms with E-state index >= 15 is 0 Å². The highest BCUT2D eigenvalue weighted by molar-refractivity contribution is 9.10. The number of halogens is 2. The summed E-state index contributed by atoms with van der Waals surface area (Å²) < 4.78 is 7.61. The molecule has 5 rings (SSSR count). The molecule has 0 unspecified atom stereocenters. The van der Waals surface area contributed by atoms with E-state index in [1.165, 1.54) is 0 Å². The molecule has 2 N–H and O–H groups in total. The predicted molar refractivity (Wildman–Crippen MR) is 139 cm³/mol. The maximum Gasteiger partial charge on any atom is 0.261 e. The highest BCUT2D eigenvalue weighted by atomic mass is 79.9. The largest absolute Gasteiger partial charge is 0.366 e. The Bertz CT molecular complexity index is 1540. The maximum atomic E-state index is 12.7. The molecule has 10 heteroatoms. The van der Waals surface area contributed by atoms with Crippen LogP contribution < -0.4 is 10.6 Å². The molecule has 5 aromatic rings. The van der Waals surface area contributed by atoms with Crippen LogP contribution in [0.2, 0.25) is 5.02 Å². The lowest BCUT2D eigenvalue weighted by Gasteiger charge is -2.12. The van der Waals surface area contributed by atoms with Crippen LogP contribution in [0.3, 0.4) is 0 Å². The number of hydrogen-bond acceptors (Lipinski definition) is 6. The van der Waals surface area contributed by atoms with Crippen molar-refractivity contribution in [2.24, 2.45) is 0 Å². The van der Waals surface area contributed by atoms with E-state index in [4.69, 9.17) is 21.1 Å². The SMILES string of the molecule is Cc1noc(C)c1C(=O)Nc1cccc(CNc2cc(-c3ccccc3Cl)nc3c(Br)cnn23)c1. The Kier molecular flexibility index (Phi) is 6.27. The van der Waals surface area contributed by atoms with Crippen LogP contribution in [0.1, 0.15) is 27.4 Å². The Balaban J connectivity index is 1.40. The van der Waals surface area contributed by atoms with Gasteiger partial charge in [0.15, 0.2) is 5.65 Å². The second kappa shape index (κ2) is 9.52. The minimum Gasteiger partial charge on any atom is -0.366 e. The summed E-state index contributed by atoms with van der Waals surface area (Å²) in [4.78, 5) is 17.4.